The summed E-state index contributed by atoms with van der Waals surface area (Å²) in [4.78, 5) is 0. The van der Waals surface area contributed by atoms with Gasteiger partial charge < -0.3 is 4.74 Å². The van der Waals surface area contributed by atoms with E-state index >= 15 is 0 Å². The van der Waals surface area contributed by atoms with Crippen LogP contribution in [0.4, 0.5) is 0 Å². The molecule has 1 aliphatic carbocycles. The smallest absolute Gasteiger partial charge is 0.0717 e. The van der Waals surface area contributed by atoms with Gasteiger partial charge in [0.15, 0.2) is 0 Å². The van der Waals surface area contributed by atoms with E-state index in [2.05, 4.69) is 79.8 Å². The summed E-state index contributed by atoms with van der Waals surface area (Å²) in [7, 11) is 0. The zero-order valence-electron chi connectivity index (χ0n) is 18.9. The summed E-state index contributed by atoms with van der Waals surface area (Å²) in [5, 5.41) is 0. The first kappa shape index (κ1) is 22.6. The van der Waals surface area contributed by atoms with Crippen molar-refractivity contribution >= 4 is 0 Å². The SMILES string of the molecule is CC=CCCOCc1ccc(-c2ccc(C3CCC(C/C=C/CC)CC3)cc2)cc1. The highest BCUT2D eigenvalue weighted by atomic mass is 16.5. The van der Waals surface area contributed by atoms with Gasteiger partial charge in [0.2, 0.25) is 0 Å². The molecule has 1 saturated carbocycles. The van der Waals surface area contributed by atoms with Crippen LogP contribution in [-0.2, 0) is 11.3 Å². The lowest BCUT2D eigenvalue weighted by Gasteiger charge is -2.28. The van der Waals surface area contributed by atoms with Gasteiger partial charge in [-0.3, -0.25) is 0 Å². The molecular weight excluding hydrogens is 364 g/mol. The number of hydrogen-bond donors (Lipinski definition) is 0. The fraction of sp³-hybridized carbons (Fsp3) is 0.448. The Labute approximate surface area is 183 Å². The van der Waals surface area contributed by atoms with Crippen molar-refractivity contribution in [3.8, 4) is 11.1 Å². The molecule has 30 heavy (non-hydrogen) atoms. The van der Waals surface area contributed by atoms with Crippen LogP contribution in [0.15, 0.2) is 72.8 Å². The van der Waals surface area contributed by atoms with Crippen LogP contribution in [0, 0.1) is 5.92 Å². The maximum Gasteiger partial charge on any atom is 0.0717 e. The first-order chi connectivity index (χ1) is 14.8. The van der Waals surface area contributed by atoms with E-state index < -0.39 is 0 Å². The van der Waals surface area contributed by atoms with Gasteiger partial charge in [-0.2, -0.15) is 0 Å². The fourth-order valence-corrected chi connectivity index (χ4v) is 4.44. The average molecular weight is 403 g/mol. The van der Waals surface area contributed by atoms with Gasteiger partial charge >= 0.3 is 0 Å². The number of benzene rings is 2. The Bertz CT molecular complexity index is 774. The Morgan fingerprint density at radius 1 is 0.833 bits per heavy atom. The highest BCUT2D eigenvalue weighted by molar-refractivity contribution is 5.64. The molecule has 1 fully saturated rings. The summed E-state index contributed by atoms with van der Waals surface area (Å²) in [6, 6.07) is 18.1. The Hall–Kier alpha value is -2.12. The summed E-state index contributed by atoms with van der Waals surface area (Å²) >= 11 is 0. The maximum atomic E-state index is 5.73. The fourth-order valence-electron chi connectivity index (χ4n) is 4.44. The van der Waals surface area contributed by atoms with Crippen molar-refractivity contribution in [2.75, 3.05) is 6.61 Å². The molecule has 1 nitrogen and oxygen atoms in total. The first-order valence-corrected chi connectivity index (χ1v) is 11.8. The van der Waals surface area contributed by atoms with Crippen LogP contribution in [0.2, 0.25) is 0 Å². The molecule has 0 bridgehead atoms. The minimum atomic E-state index is 0.688. The van der Waals surface area contributed by atoms with E-state index in [-0.39, 0.29) is 0 Å². The van der Waals surface area contributed by atoms with E-state index in [1.807, 2.05) is 6.92 Å². The lowest BCUT2D eigenvalue weighted by molar-refractivity contribution is 0.125. The van der Waals surface area contributed by atoms with Gasteiger partial charge in [-0.25, -0.2) is 0 Å². The maximum absolute atomic E-state index is 5.73. The predicted octanol–water partition coefficient (Wildman–Crippen LogP) is 8.47. The van der Waals surface area contributed by atoms with E-state index in [9.17, 15) is 0 Å². The molecular formula is C29H38O. The van der Waals surface area contributed by atoms with Crippen LogP contribution in [0.25, 0.3) is 11.1 Å². The van der Waals surface area contributed by atoms with E-state index in [0.29, 0.717) is 6.61 Å². The highest BCUT2D eigenvalue weighted by Crippen LogP contribution is 2.37. The van der Waals surface area contributed by atoms with Crippen molar-refractivity contribution < 1.29 is 4.74 Å². The lowest BCUT2D eigenvalue weighted by Crippen LogP contribution is -2.12. The molecule has 0 unspecified atom stereocenters. The lowest BCUT2D eigenvalue weighted by atomic mass is 9.77. The predicted molar refractivity (Wildman–Crippen MR) is 130 cm³/mol. The minimum absolute atomic E-state index is 0.688. The third-order valence-electron chi connectivity index (χ3n) is 6.32. The molecule has 0 amide bonds. The number of hydrogen-bond acceptors (Lipinski definition) is 1. The van der Waals surface area contributed by atoms with Gasteiger partial charge in [-0.1, -0.05) is 79.8 Å². The van der Waals surface area contributed by atoms with Crippen molar-refractivity contribution in [2.45, 2.75) is 71.3 Å². The normalized spacial score (nSPS) is 19.7. The third kappa shape index (κ3) is 6.99. The van der Waals surface area contributed by atoms with Gasteiger partial charge in [0.1, 0.15) is 0 Å². The molecule has 0 N–H and O–H groups in total. The van der Waals surface area contributed by atoms with Crippen molar-refractivity contribution in [3.05, 3.63) is 84.0 Å². The van der Waals surface area contributed by atoms with Crippen molar-refractivity contribution in [3.63, 3.8) is 0 Å². The topological polar surface area (TPSA) is 9.23 Å². The van der Waals surface area contributed by atoms with Gasteiger partial charge in [0.05, 0.1) is 13.2 Å². The Morgan fingerprint density at radius 2 is 1.50 bits per heavy atom. The monoisotopic (exact) mass is 402 g/mol. The highest BCUT2D eigenvalue weighted by Gasteiger charge is 2.21. The Morgan fingerprint density at radius 3 is 2.13 bits per heavy atom. The molecule has 3 rings (SSSR count). The molecule has 0 saturated heterocycles. The van der Waals surface area contributed by atoms with Crippen LogP contribution in [0.3, 0.4) is 0 Å². The van der Waals surface area contributed by atoms with E-state index in [4.69, 9.17) is 4.74 Å². The summed E-state index contributed by atoms with van der Waals surface area (Å²) in [6.07, 6.45) is 17.8. The second-order valence-electron chi connectivity index (χ2n) is 8.56. The van der Waals surface area contributed by atoms with Gasteiger partial charge in [0.25, 0.3) is 0 Å². The zero-order chi connectivity index (χ0) is 21.0. The number of allylic oxidation sites excluding steroid dienone is 3. The van der Waals surface area contributed by atoms with Crippen LogP contribution in [0.5, 0.6) is 0 Å². The Kier molecular flexibility index (Phi) is 9.44. The third-order valence-corrected chi connectivity index (χ3v) is 6.32. The van der Waals surface area contributed by atoms with Crippen LogP contribution < -0.4 is 0 Å². The van der Waals surface area contributed by atoms with E-state index in [1.165, 1.54) is 54.4 Å². The number of ether oxygens (including phenoxy) is 1. The molecule has 1 aliphatic rings. The summed E-state index contributed by atoms with van der Waals surface area (Å²) < 4.78 is 5.73. The molecule has 0 aromatic heterocycles. The first-order valence-electron chi connectivity index (χ1n) is 11.8. The standard InChI is InChI=1S/C29H38O/c1-3-5-7-9-24-10-14-26(15-11-24)28-18-20-29(21-19-28)27-16-12-25(13-17-27)23-30-22-8-6-4-2/h4-7,12-13,16-21,24,26H,3,8-11,14-15,22-23H2,1-2H3/b6-4?,7-5+. The molecule has 2 aromatic carbocycles. The van der Waals surface area contributed by atoms with Gasteiger partial charge in [0, 0.05) is 0 Å². The van der Waals surface area contributed by atoms with Crippen LogP contribution in [-0.4, -0.2) is 6.61 Å². The van der Waals surface area contributed by atoms with Crippen molar-refractivity contribution in [1.82, 2.24) is 0 Å². The molecule has 0 spiro atoms. The van der Waals surface area contributed by atoms with Gasteiger partial charge in [-0.05, 0) is 86.0 Å². The molecule has 160 valence electrons. The van der Waals surface area contributed by atoms with Crippen LogP contribution in [0.1, 0.15) is 75.8 Å². The summed E-state index contributed by atoms with van der Waals surface area (Å²) in [5.41, 5.74) is 5.34. The minimum Gasteiger partial charge on any atom is -0.376 e. The van der Waals surface area contributed by atoms with E-state index in [0.717, 1.165) is 31.3 Å². The van der Waals surface area contributed by atoms with E-state index in [1.54, 1.807) is 0 Å². The largest absolute Gasteiger partial charge is 0.376 e. The molecule has 0 atom stereocenters. The molecule has 0 heterocycles. The van der Waals surface area contributed by atoms with Crippen LogP contribution >= 0.6 is 0 Å². The summed E-state index contributed by atoms with van der Waals surface area (Å²) in [5.74, 6) is 1.64. The molecule has 0 radical (unpaired) electrons. The van der Waals surface area contributed by atoms with Crippen molar-refractivity contribution in [1.29, 1.82) is 0 Å². The van der Waals surface area contributed by atoms with Gasteiger partial charge in [-0.15, -0.1) is 0 Å². The molecule has 1 heteroatoms. The summed E-state index contributed by atoms with van der Waals surface area (Å²) in [6.45, 7) is 5.73. The van der Waals surface area contributed by atoms with Crippen molar-refractivity contribution in [2.24, 2.45) is 5.92 Å². The second-order valence-corrected chi connectivity index (χ2v) is 8.56. The quantitative estimate of drug-likeness (QED) is 0.286. The Balaban J connectivity index is 1.49. The second kappa shape index (κ2) is 12.5. The number of rotatable bonds is 10. The zero-order valence-corrected chi connectivity index (χ0v) is 18.9. The average Bonchev–Trinajstić information content (AvgIpc) is 2.80. The molecule has 0 aliphatic heterocycles. The molecule has 2 aromatic rings.